The normalized spacial score (nSPS) is 10.1. The lowest BCUT2D eigenvalue weighted by Gasteiger charge is -2.09. The van der Waals surface area contributed by atoms with Crippen molar-refractivity contribution in [2.75, 3.05) is 6.61 Å². The van der Waals surface area contributed by atoms with Crippen molar-refractivity contribution in [3.8, 4) is 5.75 Å². The molecule has 1 aromatic carbocycles. The fraction of sp³-hybridized carbons (Fsp3) is 0.333. The van der Waals surface area contributed by atoms with Crippen LogP contribution in [-0.2, 0) is 6.54 Å². The molecule has 0 saturated carbocycles. The number of halogens is 1. The molecular formula is C12H16BrNO. The van der Waals surface area contributed by atoms with Crippen LogP contribution in [0.15, 0.2) is 34.8 Å². The Morgan fingerprint density at radius 1 is 1.53 bits per heavy atom. The minimum Gasteiger partial charge on any atom is -0.492 e. The van der Waals surface area contributed by atoms with Crippen LogP contribution in [0.5, 0.6) is 5.75 Å². The van der Waals surface area contributed by atoms with Gasteiger partial charge in [0.25, 0.3) is 0 Å². The molecule has 0 saturated heterocycles. The van der Waals surface area contributed by atoms with Crippen molar-refractivity contribution in [2.24, 2.45) is 5.73 Å². The molecule has 0 aliphatic heterocycles. The molecule has 0 bridgehead atoms. The molecule has 15 heavy (non-hydrogen) atoms. The molecule has 0 radical (unpaired) electrons. The molecule has 3 heteroatoms. The van der Waals surface area contributed by atoms with Gasteiger partial charge < -0.3 is 10.5 Å². The summed E-state index contributed by atoms with van der Waals surface area (Å²) in [6.07, 6.45) is 0.880. The highest BCUT2D eigenvalue weighted by Crippen LogP contribution is 2.26. The number of ether oxygens (including phenoxy) is 1. The van der Waals surface area contributed by atoms with Gasteiger partial charge in [0, 0.05) is 13.0 Å². The highest BCUT2D eigenvalue weighted by Gasteiger charge is 2.01. The third-order valence-electron chi connectivity index (χ3n) is 2.02. The van der Waals surface area contributed by atoms with Gasteiger partial charge in [0.2, 0.25) is 0 Å². The first-order chi connectivity index (χ1) is 7.13. The fourth-order valence-corrected chi connectivity index (χ4v) is 1.66. The van der Waals surface area contributed by atoms with E-state index in [0.29, 0.717) is 13.2 Å². The third-order valence-corrected chi connectivity index (χ3v) is 2.64. The standard InChI is InChI=1S/C12H16BrNO/c1-9(2)5-6-15-12-4-3-10(8-14)7-11(12)13/h3-4,7H,1,5-6,8,14H2,2H3. The Bertz CT molecular complexity index is 349. The van der Waals surface area contributed by atoms with Gasteiger partial charge in [-0.25, -0.2) is 0 Å². The van der Waals surface area contributed by atoms with E-state index in [1.54, 1.807) is 0 Å². The van der Waals surface area contributed by atoms with Crippen molar-refractivity contribution >= 4 is 15.9 Å². The van der Waals surface area contributed by atoms with Gasteiger partial charge in [-0.1, -0.05) is 11.6 Å². The van der Waals surface area contributed by atoms with E-state index in [4.69, 9.17) is 10.5 Å². The maximum Gasteiger partial charge on any atom is 0.133 e. The molecule has 0 aliphatic rings. The predicted molar refractivity (Wildman–Crippen MR) is 67.0 cm³/mol. The number of benzene rings is 1. The number of hydrogen-bond acceptors (Lipinski definition) is 2. The average molecular weight is 270 g/mol. The molecule has 2 N–H and O–H groups in total. The molecule has 0 amide bonds. The quantitative estimate of drug-likeness (QED) is 0.833. The summed E-state index contributed by atoms with van der Waals surface area (Å²) in [6.45, 7) is 7.03. The molecule has 82 valence electrons. The van der Waals surface area contributed by atoms with E-state index in [2.05, 4.69) is 22.5 Å². The van der Waals surface area contributed by atoms with E-state index in [-0.39, 0.29) is 0 Å². The first-order valence-electron chi connectivity index (χ1n) is 4.89. The Morgan fingerprint density at radius 2 is 2.27 bits per heavy atom. The van der Waals surface area contributed by atoms with Crippen molar-refractivity contribution in [1.82, 2.24) is 0 Å². The lowest BCUT2D eigenvalue weighted by molar-refractivity contribution is 0.319. The molecule has 0 aromatic heterocycles. The Labute approximate surface area is 99.3 Å². The van der Waals surface area contributed by atoms with E-state index in [1.165, 1.54) is 0 Å². The van der Waals surface area contributed by atoms with Crippen LogP contribution in [0.4, 0.5) is 0 Å². The number of rotatable bonds is 5. The van der Waals surface area contributed by atoms with E-state index >= 15 is 0 Å². The van der Waals surface area contributed by atoms with Crippen LogP contribution < -0.4 is 10.5 Å². The largest absolute Gasteiger partial charge is 0.492 e. The van der Waals surface area contributed by atoms with Gasteiger partial charge in [-0.15, -0.1) is 6.58 Å². The molecule has 1 rings (SSSR count). The maximum atomic E-state index is 5.60. The Hall–Kier alpha value is -0.800. The molecule has 0 spiro atoms. The molecule has 0 heterocycles. The van der Waals surface area contributed by atoms with E-state index in [1.807, 2.05) is 25.1 Å². The zero-order chi connectivity index (χ0) is 11.3. The lowest BCUT2D eigenvalue weighted by atomic mass is 10.2. The maximum absolute atomic E-state index is 5.60. The molecule has 0 aliphatic carbocycles. The highest BCUT2D eigenvalue weighted by molar-refractivity contribution is 9.10. The zero-order valence-electron chi connectivity index (χ0n) is 8.92. The molecule has 1 aromatic rings. The summed E-state index contributed by atoms with van der Waals surface area (Å²) in [5.41, 5.74) is 7.76. The van der Waals surface area contributed by atoms with E-state index < -0.39 is 0 Å². The second-order valence-electron chi connectivity index (χ2n) is 3.52. The summed E-state index contributed by atoms with van der Waals surface area (Å²) >= 11 is 3.45. The fourth-order valence-electron chi connectivity index (χ4n) is 1.12. The van der Waals surface area contributed by atoms with Gasteiger partial charge in [-0.05, 0) is 40.5 Å². The SMILES string of the molecule is C=C(C)CCOc1ccc(CN)cc1Br. The first kappa shape index (κ1) is 12.3. The van der Waals surface area contributed by atoms with Gasteiger partial charge in [0.15, 0.2) is 0 Å². The molecule has 2 nitrogen and oxygen atoms in total. The zero-order valence-corrected chi connectivity index (χ0v) is 10.5. The smallest absolute Gasteiger partial charge is 0.133 e. The van der Waals surface area contributed by atoms with Crippen LogP contribution in [0, 0.1) is 0 Å². The number of hydrogen-bond donors (Lipinski definition) is 1. The molecule has 0 unspecified atom stereocenters. The number of nitrogens with two attached hydrogens (primary N) is 1. The lowest BCUT2D eigenvalue weighted by Crippen LogP contribution is -2.00. The van der Waals surface area contributed by atoms with Crippen molar-refractivity contribution < 1.29 is 4.74 Å². The van der Waals surface area contributed by atoms with E-state index in [0.717, 1.165) is 27.8 Å². The summed E-state index contributed by atoms with van der Waals surface area (Å²) in [5.74, 6) is 0.855. The second-order valence-corrected chi connectivity index (χ2v) is 4.38. The monoisotopic (exact) mass is 269 g/mol. The van der Waals surface area contributed by atoms with Crippen molar-refractivity contribution in [2.45, 2.75) is 19.9 Å². The average Bonchev–Trinajstić information content (AvgIpc) is 2.20. The topological polar surface area (TPSA) is 35.2 Å². The second kappa shape index (κ2) is 5.93. The minimum absolute atomic E-state index is 0.546. The summed E-state index contributed by atoms with van der Waals surface area (Å²) in [7, 11) is 0. The third kappa shape index (κ3) is 4.06. The Balaban J connectivity index is 2.58. The molecule has 0 fully saturated rings. The summed E-state index contributed by atoms with van der Waals surface area (Å²) < 4.78 is 6.55. The van der Waals surface area contributed by atoms with Gasteiger partial charge in [-0.2, -0.15) is 0 Å². The Kier molecular flexibility index (Phi) is 4.85. The van der Waals surface area contributed by atoms with Crippen molar-refractivity contribution in [3.63, 3.8) is 0 Å². The van der Waals surface area contributed by atoms with Gasteiger partial charge in [0.05, 0.1) is 11.1 Å². The van der Waals surface area contributed by atoms with Crippen molar-refractivity contribution in [3.05, 3.63) is 40.4 Å². The molecular weight excluding hydrogens is 254 g/mol. The van der Waals surface area contributed by atoms with E-state index in [9.17, 15) is 0 Å². The van der Waals surface area contributed by atoms with Crippen LogP contribution in [0.2, 0.25) is 0 Å². The predicted octanol–water partition coefficient (Wildman–Crippen LogP) is 3.25. The summed E-state index contributed by atoms with van der Waals surface area (Å²) in [5, 5.41) is 0. The van der Waals surface area contributed by atoms with Crippen LogP contribution in [0.3, 0.4) is 0 Å². The van der Waals surface area contributed by atoms with Crippen LogP contribution in [0.1, 0.15) is 18.9 Å². The minimum atomic E-state index is 0.546. The Morgan fingerprint density at radius 3 is 2.80 bits per heavy atom. The van der Waals surface area contributed by atoms with Gasteiger partial charge in [0.1, 0.15) is 5.75 Å². The van der Waals surface area contributed by atoms with Gasteiger partial charge in [-0.3, -0.25) is 0 Å². The van der Waals surface area contributed by atoms with Crippen LogP contribution in [-0.4, -0.2) is 6.61 Å². The first-order valence-corrected chi connectivity index (χ1v) is 5.68. The summed E-state index contributed by atoms with van der Waals surface area (Å²) in [6, 6.07) is 5.89. The molecule has 0 atom stereocenters. The highest BCUT2D eigenvalue weighted by atomic mass is 79.9. The summed E-state index contributed by atoms with van der Waals surface area (Å²) in [4.78, 5) is 0. The van der Waals surface area contributed by atoms with Crippen LogP contribution >= 0.6 is 15.9 Å². The van der Waals surface area contributed by atoms with Crippen LogP contribution in [0.25, 0.3) is 0 Å². The van der Waals surface area contributed by atoms with Gasteiger partial charge >= 0.3 is 0 Å². The van der Waals surface area contributed by atoms with Crippen molar-refractivity contribution in [1.29, 1.82) is 0 Å².